The average Bonchev–Trinajstić information content (AvgIpc) is 3.03. The van der Waals surface area contributed by atoms with E-state index in [1.54, 1.807) is 0 Å². The predicted molar refractivity (Wildman–Crippen MR) is 101 cm³/mol. The summed E-state index contributed by atoms with van der Waals surface area (Å²) >= 11 is 1.27. The third-order valence-corrected chi connectivity index (χ3v) is 4.61. The van der Waals surface area contributed by atoms with Crippen molar-refractivity contribution in [2.75, 3.05) is 5.32 Å². The highest BCUT2D eigenvalue weighted by atomic mass is 32.1. The summed E-state index contributed by atoms with van der Waals surface area (Å²) in [6.07, 6.45) is 0.500. The normalized spacial score (nSPS) is 9.07. The van der Waals surface area contributed by atoms with Crippen molar-refractivity contribution >= 4 is 34.7 Å². The summed E-state index contributed by atoms with van der Waals surface area (Å²) in [5.74, 6) is -2.66. The Morgan fingerprint density at radius 2 is 1.50 bits per heavy atom. The van der Waals surface area contributed by atoms with Crippen molar-refractivity contribution in [3.63, 3.8) is 0 Å². The number of rotatable bonds is 3. The van der Waals surface area contributed by atoms with Crippen molar-refractivity contribution in [2.24, 2.45) is 0 Å². The molecule has 0 saturated heterocycles. The summed E-state index contributed by atoms with van der Waals surface area (Å²) in [5.41, 5.74) is 2.24. The first-order chi connectivity index (χ1) is 14.3. The minimum Gasteiger partial charge on any atom is -0.298 e. The Labute approximate surface area is 173 Å². The second-order valence-electron chi connectivity index (χ2n) is 5.52. The lowest BCUT2D eigenvalue weighted by Crippen LogP contribution is -2.15. The Morgan fingerprint density at radius 1 is 0.967 bits per heavy atom. The molecule has 1 N–H and O–H groups in total. The van der Waals surface area contributed by atoms with E-state index in [-0.39, 0.29) is 12.3 Å². The Balaban J connectivity index is 0.000000672. The van der Waals surface area contributed by atoms with Crippen LogP contribution in [0.3, 0.4) is 0 Å². The molecule has 154 valence electrons. The highest BCUT2D eigenvalue weighted by Gasteiger charge is 2.19. The van der Waals surface area contributed by atoms with Gasteiger partial charge in [0.2, 0.25) is 0 Å². The molecule has 0 unspecified atom stereocenters. The lowest BCUT2D eigenvalue weighted by molar-refractivity contribution is -0.193. The molecular weight excluding hydrogens is 418 g/mol. The molecule has 0 fully saturated rings. The largest absolute Gasteiger partial charge is 0.373 e. The van der Waals surface area contributed by atoms with Gasteiger partial charge in [0, 0.05) is 0 Å². The molecule has 7 nitrogen and oxygen atoms in total. The third-order valence-electron chi connectivity index (χ3n) is 3.49. The van der Waals surface area contributed by atoms with E-state index in [1.165, 1.54) is 17.4 Å². The van der Waals surface area contributed by atoms with E-state index in [1.807, 2.05) is 38.1 Å². The number of carbonyl (C=O) groups excluding carboxylic acids is 5. The number of hydrogen-bond acceptors (Lipinski definition) is 7. The van der Waals surface area contributed by atoms with Gasteiger partial charge in [0.25, 0.3) is 5.91 Å². The van der Waals surface area contributed by atoms with Crippen molar-refractivity contribution < 1.29 is 32.8 Å². The fraction of sp³-hybridized carbons (Fsp3) is 0.100. The summed E-state index contributed by atoms with van der Waals surface area (Å²) in [6, 6.07) is 11.2. The van der Waals surface area contributed by atoms with E-state index in [0.717, 1.165) is 33.8 Å². The van der Waals surface area contributed by atoms with E-state index in [0.29, 0.717) is 5.13 Å². The number of nitrogens with one attached hydrogen (secondary N) is 1. The summed E-state index contributed by atoms with van der Waals surface area (Å²) in [6.45, 7) is 3.82. The molecule has 0 atom stereocenters. The number of hydrogen-bond donors (Lipinski definition) is 1. The van der Waals surface area contributed by atoms with E-state index in [2.05, 4.69) is 10.3 Å². The van der Waals surface area contributed by atoms with Crippen LogP contribution < -0.4 is 5.32 Å². The zero-order chi connectivity index (χ0) is 22.7. The Bertz CT molecular complexity index is 1070. The van der Waals surface area contributed by atoms with E-state index < -0.39 is 23.1 Å². The van der Waals surface area contributed by atoms with Crippen LogP contribution in [0.4, 0.5) is 13.9 Å². The number of carbonyl (C=O) groups is 1. The van der Waals surface area contributed by atoms with Gasteiger partial charge in [-0.2, -0.15) is 19.2 Å². The smallest absolute Gasteiger partial charge is 0.298 e. The number of halogens is 2. The lowest BCUT2D eigenvalue weighted by Gasteiger charge is -2.04. The molecule has 2 aromatic carbocycles. The number of amides is 1. The minimum absolute atomic E-state index is 0.250. The molecule has 1 heterocycles. The first kappa shape index (κ1) is 24.2. The molecule has 0 radical (unpaired) electrons. The molecule has 0 bridgehead atoms. The van der Waals surface area contributed by atoms with Crippen LogP contribution in [-0.2, 0) is 19.2 Å². The number of anilines is 1. The average molecular weight is 432 g/mol. The molecule has 3 aromatic rings. The Kier molecular flexibility index (Phi) is 9.58. The molecule has 3 rings (SSSR count). The fourth-order valence-corrected chi connectivity index (χ4v) is 3.34. The van der Waals surface area contributed by atoms with Crippen molar-refractivity contribution in [2.45, 2.75) is 13.8 Å². The van der Waals surface area contributed by atoms with Crippen LogP contribution in [0.5, 0.6) is 0 Å². The lowest BCUT2D eigenvalue weighted by atomic mass is 10.1. The third kappa shape index (κ3) is 6.65. The number of benzene rings is 2. The molecule has 0 aliphatic carbocycles. The molecule has 0 aliphatic rings. The number of thiazole rings is 1. The van der Waals surface area contributed by atoms with Crippen LogP contribution in [0.2, 0.25) is 0 Å². The molecule has 30 heavy (non-hydrogen) atoms. The van der Waals surface area contributed by atoms with Crippen LogP contribution in [-0.4, -0.2) is 23.2 Å². The number of nitrogens with zero attached hydrogens (tertiary/aromatic N) is 1. The standard InChI is InChI=1S/C18H14F2N2OS.2CO2/c1-10-5-3-6-12(9-10)16-11(2)21-18(24-16)22-17(23)15-13(19)7-4-8-14(15)20;2*2-1-3/h3-9H,1-2H3,(H,21,22,23);;. The quantitative estimate of drug-likeness (QED) is 0.674. The van der Waals surface area contributed by atoms with Gasteiger partial charge in [-0.05, 0) is 31.5 Å². The number of aryl methyl sites for hydroxylation is 2. The van der Waals surface area contributed by atoms with Crippen LogP contribution in [0.25, 0.3) is 10.4 Å². The second-order valence-corrected chi connectivity index (χ2v) is 6.52. The van der Waals surface area contributed by atoms with Crippen LogP contribution >= 0.6 is 11.3 Å². The molecule has 0 spiro atoms. The van der Waals surface area contributed by atoms with Gasteiger partial charge in [0.1, 0.15) is 17.2 Å². The van der Waals surface area contributed by atoms with Crippen molar-refractivity contribution in [3.8, 4) is 10.4 Å². The zero-order valence-corrected chi connectivity index (χ0v) is 16.5. The van der Waals surface area contributed by atoms with Gasteiger partial charge in [-0.25, -0.2) is 13.8 Å². The molecule has 0 saturated carbocycles. The highest BCUT2D eigenvalue weighted by molar-refractivity contribution is 7.19. The summed E-state index contributed by atoms with van der Waals surface area (Å²) in [5, 5.41) is 2.78. The fourth-order valence-electron chi connectivity index (χ4n) is 2.38. The maximum absolute atomic E-state index is 13.7. The minimum atomic E-state index is -0.903. The summed E-state index contributed by atoms with van der Waals surface area (Å²) in [7, 11) is 0. The summed E-state index contributed by atoms with van der Waals surface area (Å²) < 4.78 is 27.4. The van der Waals surface area contributed by atoms with Crippen LogP contribution in [0.1, 0.15) is 21.6 Å². The van der Waals surface area contributed by atoms with Gasteiger partial charge in [0.15, 0.2) is 5.13 Å². The van der Waals surface area contributed by atoms with Gasteiger partial charge in [-0.15, -0.1) is 0 Å². The molecule has 1 amide bonds. The van der Waals surface area contributed by atoms with E-state index >= 15 is 0 Å². The maximum atomic E-state index is 13.7. The topological polar surface area (TPSA) is 110 Å². The summed E-state index contributed by atoms with van der Waals surface area (Å²) in [4.78, 5) is 49.8. The maximum Gasteiger partial charge on any atom is 0.373 e. The monoisotopic (exact) mass is 432 g/mol. The Hall–Kier alpha value is -3.84. The van der Waals surface area contributed by atoms with E-state index in [9.17, 15) is 13.6 Å². The van der Waals surface area contributed by atoms with Gasteiger partial charge in [-0.1, -0.05) is 47.2 Å². The predicted octanol–water partition coefficient (Wildman–Crippen LogP) is 3.79. The first-order valence-corrected chi connectivity index (χ1v) is 8.89. The van der Waals surface area contributed by atoms with Gasteiger partial charge < -0.3 is 0 Å². The molecule has 10 heteroatoms. The van der Waals surface area contributed by atoms with Crippen LogP contribution in [0, 0.1) is 25.5 Å². The zero-order valence-electron chi connectivity index (χ0n) is 15.7. The molecule has 1 aromatic heterocycles. The van der Waals surface area contributed by atoms with Crippen molar-refractivity contribution in [1.29, 1.82) is 0 Å². The second kappa shape index (κ2) is 11.9. The SMILES string of the molecule is Cc1cccc(-c2sc(NC(=O)c3c(F)cccc3F)nc2C)c1.O=C=O.O=C=O. The molecule has 0 aliphatic heterocycles. The van der Waals surface area contributed by atoms with Gasteiger partial charge >= 0.3 is 12.3 Å². The first-order valence-electron chi connectivity index (χ1n) is 8.07. The number of aromatic nitrogens is 1. The Morgan fingerprint density at radius 3 is 2.03 bits per heavy atom. The van der Waals surface area contributed by atoms with E-state index in [4.69, 9.17) is 19.2 Å². The van der Waals surface area contributed by atoms with Crippen LogP contribution in [0.15, 0.2) is 42.5 Å². The van der Waals surface area contributed by atoms with Crippen molar-refractivity contribution in [1.82, 2.24) is 4.98 Å². The molecular formula is C20H14F2N2O5S. The highest BCUT2D eigenvalue weighted by Crippen LogP contribution is 2.33. The van der Waals surface area contributed by atoms with Gasteiger partial charge in [-0.3, -0.25) is 10.1 Å². The van der Waals surface area contributed by atoms with Gasteiger partial charge in [0.05, 0.1) is 10.6 Å². The van der Waals surface area contributed by atoms with Crippen molar-refractivity contribution in [3.05, 3.63) is 70.9 Å².